The van der Waals surface area contributed by atoms with Crippen LogP contribution in [0.1, 0.15) is 16.2 Å². The maximum absolute atomic E-state index is 13.3. The Balaban J connectivity index is 2.06. The summed E-state index contributed by atoms with van der Waals surface area (Å²) in [5, 5.41) is 11.9. The summed E-state index contributed by atoms with van der Waals surface area (Å²) >= 11 is 3.19. The van der Waals surface area contributed by atoms with Crippen molar-refractivity contribution < 1.29 is 23.6 Å². The number of aromatic nitrogens is 1. The summed E-state index contributed by atoms with van der Waals surface area (Å²) in [6.45, 7) is -0.104. The average molecular weight is 316 g/mol. The number of nitrogens with zero attached hydrogens (tertiary/aromatic N) is 1. The van der Waals surface area contributed by atoms with Gasteiger partial charge < -0.3 is 14.4 Å². The maximum atomic E-state index is 13.3. The molecule has 2 aromatic rings. The summed E-state index contributed by atoms with van der Waals surface area (Å²) in [6.07, 6.45) is 0. The molecular formula is C11H7BrFNO4. The number of halogens is 2. The third kappa shape index (κ3) is 2.86. The molecule has 0 aliphatic carbocycles. The molecule has 7 heteroatoms. The summed E-state index contributed by atoms with van der Waals surface area (Å²) in [7, 11) is 0. The highest BCUT2D eigenvalue weighted by Crippen LogP contribution is 2.23. The second-order valence-electron chi connectivity index (χ2n) is 3.35. The molecule has 0 fully saturated rings. The summed E-state index contributed by atoms with van der Waals surface area (Å²) in [5.74, 6) is -1.47. The van der Waals surface area contributed by atoms with Gasteiger partial charge in [-0.3, -0.25) is 0 Å². The molecule has 2 rings (SSSR count). The van der Waals surface area contributed by atoms with Crippen LogP contribution in [-0.2, 0) is 6.61 Å². The van der Waals surface area contributed by atoms with E-state index in [2.05, 4.69) is 21.1 Å². The fourth-order valence-corrected chi connectivity index (χ4v) is 1.56. The molecule has 0 saturated carbocycles. The predicted octanol–water partition coefficient (Wildman–Crippen LogP) is 2.85. The van der Waals surface area contributed by atoms with Gasteiger partial charge in [0.25, 0.3) is 0 Å². The van der Waals surface area contributed by atoms with E-state index in [1.807, 2.05) is 0 Å². The number of benzene rings is 1. The lowest BCUT2D eigenvalue weighted by molar-refractivity contribution is 0.0685. The minimum atomic E-state index is -1.20. The van der Waals surface area contributed by atoms with Crippen LogP contribution in [0, 0.1) is 5.82 Å². The van der Waals surface area contributed by atoms with E-state index in [9.17, 15) is 9.18 Å². The molecule has 0 saturated heterocycles. The van der Waals surface area contributed by atoms with Crippen molar-refractivity contribution in [2.24, 2.45) is 0 Å². The van der Waals surface area contributed by atoms with Crippen LogP contribution in [0.5, 0.6) is 5.75 Å². The van der Waals surface area contributed by atoms with E-state index < -0.39 is 11.8 Å². The van der Waals surface area contributed by atoms with E-state index >= 15 is 0 Å². The smallest absolute Gasteiger partial charge is 0.358 e. The molecule has 0 spiro atoms. The molecule has 94 valence electrons. The average Bonchev–Trinajstić information content (AvgIpc) is 2.79. The van der Waals surface area contributed by atoms with Gasteiger partial charge in [-0.25, -0.2) is 9.18 Å². The van der Waals surface area contributed by atoms with E-state index in [1.54, 1.807) is 6.07 Å². The Morgan fingerprint density at radius 3 is 2.94 bits per heavy atom. The van der Waals surface area contributed by atoms with Crippen LogP contribution in [0.15, 0.2) is 33.3 Å². The van der Waals surface area contributed by atoms with E-state index in [4.69, 9.17) is 14.4 Å². The molecule has 0 aliphatic heterocycles. The van der Waals surface area contributed by atoms with Crippen LogP contribution in [0.4, 0.5) is 4.39 Å². The first-order valence-corrected chi connectivity index (χ1v) is 5.62. The molecule has 0 unspecified atom stereocenters. The largest absolute Gasteiger partial charge is 0.482 e. The monoisotopic (exact) mass is 315 g/mol. The van der Waals surface area contributed by atoms with E-state index in [1.165, 1.54) is 18.2 Å². The van der Waals surface area contributed by atoms with Crippen molar-refractivity contribution in [1.29, 1.82) is 0 Å². The Kier molecular flexibility index (Phi) is 3.61. The van der Waals surface area contributed by atoms with Crippen LogP contribution < -0.4 is 4.74 Å². The highest BCUT2D eigenvalue weighted by molar-refractivity contribution is 9.10. The van der Waals surface area contributed by atoms with Gasteiger partial charge in [-0.1, -0.05) is 21.1 Å². The molecule has 1 N–H and O–H groups in total. The van der Waals surface area contributed by atoms with Crippen LogP contribution in [0.25, 0.3) is 0 Å². The Hall–Kier alpha value is -1.89. The molecule has 0 aliphatic rings. The van der Waals surface area contributed by atoms with Gasteiger partial charge in [0, 0.05) is 10.5 Å². The van der Waals surface area contributed by atoms with Gasteiger partial charge in [-0.05, 0) is 18.2 Å². The van der Waals surface area contributed by atoms with Gasteiger partial charge in [0.15, 0.2) is 23.0 Å². The van der Waals surface area contributed by atoms with Crippen LogP contribution in [-0.4, -0.2) is 16.2 Å². The van der Waals surface area contributed by atoms with Gasteiger partial charge in [0.05, 0.1) is 0 Å². The zero-order valence-electron chi connectivity index (χ0n) is 8.89. The fourth-order valence-electron chi connectivity index (χ4n) is 1.22. The summed E-state index contributed by atoms with van der Waals surface area (Å²) in [5.41, 5.74) is -0.219. The van der Waals surface area contributed by atoms with E-state index in [-0.39, 0.29) is 23.8 Å². The van der Waals surface area contributed by atoms with Crippen molar-refractivity contribution in [1.82, 2.24) is 5.16 Å². The molecule has 1 aromatic heterocycles. The van der Waals surface area contributed by atoms with Crippen molar-refractivity contribution in [3.05, 3.63) is 46.0 Å². The zero-order valence-corrected chi connectivity index (χ0v) is 10.5. The van der Waals surface area contributed by atoms with Crippen molar-refractivity contribution in [2.75, 3.05) is 0 Å². The summed E-state index contributed by atoms with van der Waals surface area (Å²) in [4.78, 5) is 10.6. The number of hydrogen-bond acceptors (Lipinski definition) is 4. The summed E-state index contributed by atoms with van der Waals surface area (Å²) < 4.78 is 23.9. The first kappa shape index (κ1) is 12.6. The van der Waals surface area contributed by atoms with Crippen LogP contribution in [0.2, 0.25) is 0 Å². The van der Waals surface area contributed by atoms with Gasteiger partial charge in [0.1, 0.15) is 6.61 Å². The Morgan fingerprint density at radius 1 is 1.50 bits per heavy atom. The topological polar surface area (TPSA) is 72.6 Å². The van der Waals surface area contributed by atoms with Crippen molar-refractivity contribution in [3.63, 3.8) is 0 Å². The predicted molar refractivity (Wildman–Crippen MR) is 61.9 cm³/mol. The lowest BCUT2D eigenvalue weighted by Crippen LogP contribution is -1.97. The lowest BCUT2D eigenvalue weighted by atomic mass is 10.3. The molecule has 0 radical (unpaired) electrons. The molecular weight excluding hydrogens is 309 g/mol. The standard InChI is InChI=1S/C11H7BrFNO4/c12-6-1-2-8(13)10(3-6)17-5-7-4-9(11(15)16)14-18-7/h1-4H,5H2,(H,15,16). The Morgan fingerprint density at radius 2 is 2.28 bits per heavy atom. The Labute approximate surface area is 109 Å². The molecule has 0 atom stereocenters. The first-order valence-electron chi connectivity index (χ1n) is 4.83. The second kappa shape index (κ2) is 5.18. The highest BCUT2D eigenvalue weighted by atomic mass is 79.9. The molecule has 5 nitrogen and oxygen atoms in total. The molecule has 0 amide bonds. The van der Waals surface area contributed by atoms with Crippen LogP contribution >= 0.6 is 15.9 Å². The number of carbonyl (C=O) groups is 1. The van der Waals surface area contributed by atoms with Crippen molar-refractivity contribution >= 4 is 21.9 Å². The van der Waals surface area contributed by atoms with Gasteiger partial charge >= 0.3 is 5.97 Å². The van der Waals surface area contributed by atoms with Gasteiger partial charge in [0.2, 0.25) is 0 Å². The second-order valence-corrected chi connectivity index (χ2v) is 4.26. The minimum Gasteiger partial charge on any atom is -0.482 e. The summed E-state index contributed by atoms with van der Waals surface area (Å²) in [6, 6.07) is 5.48. The number of carboxylic acid groups (broad SMARTS) is 1. The van der Waals surface area contributed by atoms with E-state index in [0.717, 1.165) is 0 Å². The maximum Gasteiger partial charge on any atom is 0.358 e. The van der Waals surface area contributed by atoms with Gasteiger partial charge in [-0.2, -0.15) is 0 Å². The zero-order chi connectivity index (χ0) is 13.1. The highest BCUT2D eigenvalue weighted by Gasteiger charge is 2.12. The number of aromatic carboxylic acids is 1. The molecule has 0 bridgehead atoms. The fraction of sp³-hybridized carbons (Fsp3) is 0.0909. The quantitative estimate of drug-likeness (QED) is 0.939. The van der Waals surface area contributed by atoms with Crippen molar-refractivity contribution in [3.8, 4) is 5.75 Å². The third-order valence-corrected chi connectivity index (χ3v) is 2.53. The minimum absolute atomic E-state index is 0.0395. The Bertz CT molecular complexity index is 584. The molecule has 1 heterocycles. The number of hydrogen-bond donors (Lipinski definition) is 1. The van der Waals surface area contributed by atoms with Gasteiger partial charge in [-0.15, -0.1) is 0 Å². The molecule has 1 aromatic carbocycles. The normalized spacial score (nSPS) is 10.3. The van der Waals surface area contributed by atoms with Crippen LogP contribution in [0.3, 0.4) is 0 Å². The molecule has 18 heavy (non-hydrogen) atoms. The number of rotatable bonds is 4. The van der Waals surface area contributed by atoms with Crippen molar-refractivity contribution in [2.45, 2.75) is 6.61 Å². The SMILES string of the molecule is O=C(O)c1cc(COc2cc(Br)ccc2F)on1. The third-order valence-electron chi connectivity index (χ3n) is 2.04. The number of ether oxygens (including phenoxy) is 1. The lowest BCUT2D eigenvalue weighted by Gasteiger charge is -2.05. The first-order chi connectivity index (χ1) is 8.56. The van der Waals surface area contributed by atoms with E-state index in [0.29, 0.717) is 4.47 Å². The number of carboxylic acids is 1.